The molecule has 0 radical (unpaired) electrons. The number of hydrogen-bond acceptors (Lipinski definition) is 4. The van der Waals surface area contributed by atoms with Gasteiger partial charge in [0.2, 0.25) is 0 Å². The Hall–Kier alpha value is -4.10. The van der Waals surface area contributed by atoms with Crippen molar-refractivity contribution in [2.75, 3.05) is 0 Å². The van der Waals surface area contributed by atoms with Gasteiger partial charge in [0.25, 0.3) is 0 Å². The van der Waals surface area contributed by atoms with E-state index in [0.717, 1.165) is 75.0 Å². The van der Waals surface area contributed by atoms with Gasteiger partial charge in [0.05, 0.1) is 11.1 Å². The van der Waals surface area contributed by atoms with E-state index in [0.29, 0.717) is 17.7 Å². The number of ether oxygens (including phenoxy) is 2. The molecule has 0 fully saturated rings. The molecule has 4 aromatic rings. The molecular formula is C35H32F5O4P. The Bertz CT molecular complexity index is 1460. The highest BCUT2D eigenvalue weighted by Gasteiger charge is 2.16. The molecule has 4 aromatic carbocycles. The van der Waals surface area contributed by atoms with Crippen molar-refractivity contribution in [2.45, 2.75) is 57.8 Å². The van der Waals surface area contributed by atoms with Crippen LogP contribution in [-0.2, 0) is 12.8 Å². The predicted molar refractivity (Wildman–Crippen MR) is 165 cm³/mol. The highest BCUT2D eigenvalue weighted by Crippen LogP contribution is 2.21. The molecule has 0 N–H and O–H groups in total. The molecule has 0 amide bonds. The van der Waals surface area contributed by atoms with Crippen molar-refractivity contribution < 1.29 is 41.0 Å². The Labute approximate surface area is 260 Å². The molecule has 0 saturated carbocycles. The third kappa shape index (κ3) is 9.95. The molecule has 1 atom stereocenters. The highest BCUT2D eigenvalue weighted by molar-refractivity contribution is 7.27. The zero-order valence-corrected chi connectivity index (χ0v) is 25.5. The lowest BCUT2D eigenvalue weighted by molar-refractivity contribution is 0.0724. The van der Waals surface area contributed by atoms with E-state index in [1.165, 1.54) is 6.07 Å². The summed E-state index contributed by atoms with van der Waals surface area (Å²) in [6.45, 7) is 0. The van der Waals surface area contributed by atoms with Gasteiger partial charge >= 0.3 is 11.9 Å². The monoisotopic (exact) mass is 642 g/mol. The Morgan fingerprint density at radius 3 is 1.27 bits per heavy atom. The van der Waals surface area contributed by atoms with E-state index in [4.69, 9.17) is 9.47 Å². The van der Waals surface area contributed by atoms with Crippen molar-refractivity contribution >= 4 is 26.5 Å². The Kier molecular flexibility index (Phi) is 12.2. The number of esters is 2. The molecule has 4 nitrogen and oxygen atoms in total. The summed E-state index contributed by atoms with van der Waals surface area (Å²) >= 11 is 0. The molecule has 236 valence electrons. The second kappa shape index (κ2) is 16.3. The summed E-state index contributed by atoms with van der Waals surface area (Å²) in [5.41, 5.74) is 2.70. The molecule has 0 aliphatic rings. The van der Waals surface area contributed by atoms with Crippen LogP contribution in [0.3, 0.4) is 0 Å². The fourth-order valence-electron chi connectivity index (χ4n) is 4.72. The molecule has 0 aromatic heterocycles. The Balaban J connectivity index is 1.07. The number of carbonyl (C=O) groups is 2. The van der Waals surface area contributed by atoms with Gasteiger partial charge in [0.15, 0.2) is 29.1 Å². The second-order valence-electron chi connectivity index (χ2n) is 10.7. The summed E-state index contributed by atoms with van der Waals surface area (Å²) in [6.07, 6.45) is 9.29. The van der Waals surface area contributed by atoms with Crippen molar-refractivity contribution in [2.24, 2.45) is 0 Å². The van der Waals surface area contributed by atoms with Crippen LogP contribution in [0.4, 0.5) is 22.0 Å². The molecule has 0 bridgehead atoms. The van der Waals surface area contributed by atoms with Gasteiger partial charge in [-0.05, 0) is 67.1 Å². The van der Waals surface area contributed by atoms with Crippen molar-refractivity contribution in [3.8, 4) is 11.5 Å². The van der Waals surface area contributed by atoms with Gasteiger partial charge in [0.1, 0.15) is 11.5 Å². The fourth-order valence-corrected chi connectivity index (χ4v) is 5.03. The van der Waals surface area contributed by atoms with Crippen LogP contribution >= 0.6 is 9.24 Å². The van der Waals surface area contributed by atoms with E-state index in [1.807, 2.05) is 24.3 Å². The first kappa shape index (κ1) is 33.8. The van der Waals surface area contributed by atoms with Crippen molar-refractivity contribution in [1.82, 2.24) is 0 Å². The minimum atomic E-state index is -1.62. The summed E-state index contributed by atoms with van der Waals surface area (Å²) in [4.78, 5) is 24.6. The highest BCUT2D eigenvalue weighted by atomic mass is 31.0. The van der Waals surface area contributed by atoms with Crippen LogP contribution in [0.1, 0.15) is 76.8 Å². The van der Waals surface area contributed by atoms with E-state index in [2.05, 4.69) is 9.24 Å². The molecule has 4 rings (SSSR count). The van der Waals surface area contributed by atoms with Crippen LogP contribution in [0.15, 0.2) is 72.8 Å². The molecular weight excluding hydrogens is 610 g/mol. The maximum atomic E-state index is 13.6. The maximum Gasteiger partial charge on any atom is 0.343 e. The Morgan fingerprint density at radius 2 is 0.867 bits per heavy atom. The molecule has 0 saturated heterocycles. The summed E-state index contributed by atoms with van der Waals surface area (Å²) in [5, 5.41) is -0.0222. The lowest BCUT2D eigenvalue weighted by Gasteiger charge is -2.08. The summed E-state index contributed by atoms with van der Waals surface area (Å²) in [7, 11) is 2.06. The predicted octanol–water partition coefficient (Wildman–Crippen LogP) is 8.84. The molecule has 0 heterocycles. The average molecular weight is 643 g/mol. The van der Waals surface area contributed by atoms with E-state index >= 15 is 0 Å². The number of rotatable bonds is 14. The fraction of sp³-hybridized carbons (Fsp3) is 0.257. The lowest BCUT2D eigenvalue weighted by Crippen LogP contribution is -2.11. The molecule has 0 aliphatic heterocycles. The molecule has 10 heteroatoms. The molecule has 0 spiro atoms. The zero-order chi connectivity index (χ0) is 32.3. The SMILES string of the molecule is O=C(Oc1cc(F)c(F)c(F)c1)c1ccc(CCCCCCCCCc2ccc(C(=O)Oc3cc(F)c(F)c(P)c3)cc2)cc1. The van der Waals surface area contributed by atoms with Crippen LogP contribution in [0.2, 0.25) is 0 Å². The minimum absolute atomic E-state index is 0.0222. The van der Waals surface area contributed by atoms with Crippen molar-refractivity contribution in [1.29, 1.82) is 0 Å². The van der Waals surface area contributed by atoms with Gasteiger partial charge < -0.3 is 9.47 Å². The maximum absolute atomic E-state index is 13.6. The van der Waals surface area contributed by atoms with Crippen LogP contribution in [0.5, 0.6) is 11.5 Å². The first-order chi connectivity index (χ1) is 21.6. The van der Waals surface area contributed by atoms with Crippen LogP contribution < -0.4 is 14.8 Å². The van der Waals surface area contributed by atoms with Crippen molar-refractivity contribution in [3.63, 3.8) is 0 Å². The number of halogens is 5. The first-order valence-corrected chi connectivity index (χ1v) is 15.2. The number of benzene rings is 4. The summed E-state index contributed by atoms with van der Waals surface area (Å²) in [6, 6.07) is 17.2. The summed E-state index contributed by atoms with van der Waals surface area (Å²) in [5.74, 6) is -8.48. The third-order valence-corrected chi connectivity index (χ3v) is 7.64. The smallest absolute Gasteiger partial charge is 0.343 e. The van der Waals surface area contributed by atoms with Gasteiger partial charge in [-0.1, -0.05) is 56.4 Å². The van der Waals surface area contributed by atoms with E-state index in [-0.39, 0.29) is 16.6 Å². The van der Waals surface area contributed by atoms with E-state index < -0.39 is 46.8 Å². The van der Waals surface area contributed by atoms with E-state index in [1.54, 1.807) is 24.3 Å². The molecule has 0 aliphatic carbocycles. The van der Waals surface area contributed by atoms with Gasteiger partial charge in [-0.3, -0.25) is 0 Å². The largest absolute Gasteiger partial charge is 0.423 e. The normalized spacial score (nSPS) is 11.0. The van der Waals surface area contributed by atoms with Crippen LogP contribution in [0, 0.1) is 29.1 Å². The van der Waals surface area contributed by atoms with E-state index in [9.17, 15) is 31.5 Å². The van der Waals surface area contributed by atoms with Gasteiger partial charge in [-0.15, -0.1) is 9.24 Å². The van der Waals surface area contributed by atoms with Crippen molar-refractivity contribution in [3.05, 3.63) is 124 Å². The lowest BCUT2D eigenvalue weighted by atomic mass is 10.0. The minimum Gasteiger partial charge on any atom is -0.423 e. The van der Waals surface area contributed by atoms with Crippen LogP contribution in [-0.4, -0.2) is 11.9 Å². The summed E-state index contributed by atoms with van der Waals surface area (Å²) < 4.78 is 76.8. The number of hydrogen-bond donors (Lipinski definition) is 0. The van der Waals surface area contributed by atoms with Gasteiger partial charge in [-0.2, -0.15) is 0 Å². The second-order valence-corrected chi connectivity index (χ2v) is 11.3. The molecule has 1 unspecified atom stereocenters. The molecule has 45 heavy (non-hydrogen) atoms. The number of unbranched alkanes of at least 4 members (excludes halogenated alkanes) is 6. The average Bonchev–Trinajstić information content (AvgIpc) is 3.02. The first-order valence-electron chi connectivity index (χ1n) is 14.6. The number of aryl methyl sites for hydroxylation is 2. The van der Waals surface area contributed by atoms with Crippen LogP contribution in [0.25, 0.3) is 0 Å². The van der Waals surface area contributed by atoms with Gasteiger partial charge in [-0.25, -0.2) is 31.5 Å². The third-order valence-electron chi connectivity index (χ3n) is 7.22. The Morgan fingerprint density at radius 1 is 0.511 bits per heavy atom. The number of carbonyl (C=O) groups excluding carboxylic acids is 2. The van der Waals surface area contributed by atoms with Gasteiger partial charge in [0, 0.05) is 23.5 Å². The topological polar surface area (TPSA) is 52.6 Å². The quantitative estimate of drug-likeness (QED) is 0.0345. The zero-order valence-electron chi connectivity index (χ0n) is 24.4. The standard InChI is InChI=1S/C35H32F5O4P/c36-28-18-26(19-29(37)32(28)39)43-34(41)24-14-10-22(11-15-24)8-6-4-2-1-3-5-7-9-23-12-16-25(17-13-23)35(42)44-27-20-30(38)33(40)31(45)21-27/h10-21H,1-9,45H2.